The normalized spacial score (nSPS) is 24.7. The Morgan fingerprint density at radius 3 is 2.88 bits per heavy atom. The first-order valence-corrected chi connectivity index (χ1v) is 6.66. The van der Waals surface area contributed by atoms with E-state index in [-0.39, 0.29) is 0 Å². The van der Waals surface area contributed by atoms with Crippen molar-refractivity contribution in [3.05, 3.63) is 5.82 Å². The summed E-state index contributed by atoms with van der Waals surface area (Å²) in [4.78, 5) is 0. The molecule has 0 radical (unpaired) electrons. The summed E-state index contributed by atoms with van der Waals surface area (Å²) in [6.45, 7) is 8.48. The molecule has 2 rings (SSSR count). The smallest absolute Gasteiger partial charge is 0.165 e. The minimum atomic E-state index is 0.501. The van der Waals surface area contributed by atoms with Crippen molar-refractivity contribution in [1.29, 1.82) is 0 Å². The van der Waals surface area contributed by atoms with Crippen LogP contribution in [-0.4, -0.2) is 26.8 Å². The number of nitrogens with zero attached hydrogens (tertiary/aromatic N) is 4. The Hall–Kier alpha value is -0.970. The van der Waals surface area contributed by atoms with E-state index in [0.717, 1.165) is 18.9 Å². The van der Waals surface area contributed by atoms with E-state index in [1.807, 2.05) is 4.68 Å². The lowest BCUT2D eigenvalue weighted by molar-refractivity contribution is 0.352. The van der Waals surface area contributed by atoms with Crippen LogP contribution in [0.25, 0.3) is 0 Å². The second kappa shape index (κ2) is 5.58. The third-order valence-electron chi connectivity index (χ3n) is 3.53. The minimum absolute atomic E-state index is 0.501. The van der Waals surface area contributed by atoms with Gasteiger partial charge in [-0.1, -0.05) is 27.2 Å². The molecule has 1 aromatic rings. The summed E-state index contributed by atoms with van der Waals surface area (Å²) >= 11 is 0. The summed E-state index contributed by atoms with van der Waals surface area (Å²) in [6.07, 6.45) is 3.80. The molecule has 0 spiro atoms. The molecule has 2 unspecified atom stereocenters. The van der Waals surface area contributed by atoms with Gasteiger partial charge in [-0.25, -0.2) is 4.68 Å². The Kier molecular flexibility index (Phi) is 4.10. The van der Waals surface area contributed by atoms with Gasteiger partial charge in [-0.2, -0.15) is 0 Å². The first-order chi connectivity index (χ1) is 8.18. The number of tetrazole rings is 1. The van der Waals surface area contributed by atoms with Gasteiger partial charge in [0.05, 0.1) is 12.6 Å². The summed E-state index contributed by atoms with van der Waals surface area (Å²) < 4.78 is 2.03. The molecule has 1 aliphatic rings. The van der Waals surface area contributed by atoms with Gasteiger partial charge >= 0.3 is 0 Å². The van der Waals surface area contributed by atoms with Crippen molar-refractivity contribution in [1.82, 2.24) is 25.5 Å². The van der Waals surface area contributed by atoms with Crippen LogP contribution in [0.15, 0.2) is 0 Å². The molecule has 17 heavy (non-hydrogen) atoms. The van der Waals surface area contributed by atoms with Crippen LogP contribution < -0.4 is 5.32 Å². The fraction of sp³-hybridized carbons (Fsp3) is 0.917. The molecular weight excluding hydrogens is 214 g/mol. The summed E-state index contributed by atoms with van der Waals surface area (Å²) in [5, 5.41) is 15.5. The Bertz CT molecular complexity index is 346. The lowest BCUT2D eigenvalue weighted by atomic mass is 10.1. The summed E-state index contributed by atoms with van der Waals surface area (Å²) in [5.74, 6) is 2.33. The number of hydrogen-bond acceptors (Lipinski definition) is 4. The zero-order valence-electron chi connectivity index (χ0n) is 11.1. The quantitative estimate of drug-likeness (QED) is 0.848. The van der Waals surface area contributed by atoms with Crippen molar-refractivity contribution in [2.45, 2.75) is 52.6 Å². The highest BCUT2D eigenvalue weighted by Gasteiger charge is 2.27. The first kappa shape index (κ1) is 12.5. The molecule has 5 nitrogen and oxygen atoms in total. The number of rotatable bonds is 5. The van der Waals surface area contributed by atoms with Crippen molar-refractivity contribution < 1.29 is 0 Å². The Labute approximate surface area is 103 Å². The maximum absolute atomic E-state index is 4.16. The predicted molar refractivity (Wildman–Crippen MR) is 66.4 cm³/mol. The Morgan fingerprint density at radius 1 is 1.41 bits per heavy atom. The van der Waals surface area contributed by atoms with Gasteiger partial charge in [-0.05, 0) is 41.6 Å². The molecule has 1 fully saturated rings. The largest absolute Gasteiger partial charge is 0.310 e. The lowest BCUT2D eigenvalue weighted by Crippen LogP contribution is -2.24. The van der Waals surface area contributed by atoms with Crippen LogP contribution in [0.1, 0.15) is 51.9 Å². The minimum Gasteiger partial charge on any atom is -0.310 e. The Balaban J connectivity index is 1.96. The maximum atomic E-state index is 4.16. The molecule has 0 aromatic carbocycles. The third kappa shape index (κ3) is 3.03. The monoisotopic (exact) mass is 237 g/mol. The summed E-state index contributed by atoms with van der Waals surface area (Å²) in [5.41, 5.74) is 0. The standard InChI is InChI=1S/C12H23N5/c1-9(2)7-13-8-12-14-15-16-17(12)11-6-4-5-10(11)3/h9-11,13H,4-8H2,1-3H3. The van der Waals surface area contributed by atoms with Crippen LogP contribution >= 0.6 is 0 Å². The van der Waals surface area contributed by atoms with E-state index >= 15 is 0 Å². The van der Waals surface area contributed by atoms with Gasteiger partial charge < -0.3 is 5.32 Å². The lowest BCUT2D eigenvalue weighted by Gasteiger charge is -2.17. The molecule has 1 aromatic heterocycles. The molecule has 5 heteroatoms. The van der Waals surface area contributed by atoms with Crippen LogP contribution in [-0.2, 0) is 6.54 Å². The molecule has 1 N–H and O–H groups in total. The second-order valence-corrected chi connectivity index (χ2v) is 5.54. The van der Waals surface area contributed by atoms with Crippen molar-refractivity contribution in [2.75, 3.05) is 6.54 Å². The fourth-order valence-corrected chi connectivity index (χ4v) is 2.55. The van der Waals surface area contributed by atoms with E-state index in [1.165, 1.54) is 19.3 Å². The number of nitrogens with one attached hydrogen (secondary N) is 1. The van der Waals surface area contributed by atoms with E-state index in [9.17, 15) is 0 Å². The van der Waals surface area contributed by atoms with Crippen molar-refractivity contribution in [2.24, 2.45) is 11.8 Å². The zero-order valence-corrected chi connectivity index (χ0v) is 11.1. The fourth-order valence-electron chi connectivity index (χ4n) is 2.55. The van der Waals surface area contributed by atoms with Crippen LogP contribution in [0.4, 0.5) is 0 Å². The van der Waals surface area contributed by atoms with Crippen LogP contribution in [0.3, 0.4) is 0 Å². The van der Waals surface area contributed by atoms with Crippen molar-refractivity contribution in [3.8, 4) is 0 Å². The van der Waals surface area contributed by atoms with E-state index in [0.29, 0.717) is 17.9 Å². The van der Waals surface area contributed by atoms with E-state index in [1.54, 1.807) is 0 Å². The molecule has 0 amide bonds. The van der Waals surface area contributed by atoms with Gasteiger partial charge in [-0.15, -0.1) is 5.10 Å². The predicted octanol–water partition coefficient (Wildman–Crippen LogP) is 1.78. The number of hydrogen-bond donors (Lipinski definition) is 1. The second-order valence-electron chi connectivity index (χ2n) is 5.54. The first-order valence-electron chi connectivity index (χ1n) is 6.66. The summed E-state index contributed by atoms with van der Waals surface area (Å²) in [6, 6.07) is 0.501. The van der Waals surface area contributed by atoms with Crippen molar-refractivity contribution >= 4 is 0 Å². The molecule has 0 saturated heterocycles. The maximum Gasteiger partial charge on any atom is 0.165 e. The zero-order chi connectivity index (χ0) is 12.3. The molecule has 1 heterocycles. The molecule has 0 bridgehead atoms. The van der Waals surface area contributed by atoms with Crippen LogP contribution in [0.5, 0.6) is 0 Å². The van der Waals surface area contributed by atoms with E-state index < -0.39 is 0 Å². The molecule has 2 atom stereocenters. The average molecular weight is 237 g/mol. The molecule has 1 aliphatic carbocycles. The molecule has 96 valence electrons. The molecule has 0 aliphatic heterocycles. The third-order valence-corrected chi connectivity index (χ3v) is 3.53. The van der Waals surface area contributed by atoms with Crippen molar-refractivity contribution in [3.63, 3.8) is 0 Å². The SMILES string of the molecule is CC(C)CNCc1nnnn1C1CCCC1C. The highest BCUT2D eigenvalue weighted by molar-refractivity contribution is 4.88. The van der Waals surface area contributed by atoms with Gasteiger partial charge in [-0.3, -0.25) is 0 Å². The van der Waals surface area contributed by atoms with Gasteiger partial charge in [0.2, 0.25) is 0 Å². The summed E-state index contributed by atoms with van der Waals surface area (Å²) in [7, 11) is 0. The van der Waals surface area contributed by atoms with Crippen LogP contribution in [0.2, 0.25) is 0 Å². The van der Waals surface area contributed by atoms with Gasteiger partial charge in [0, 0.05) is 0 Å². The van der Waals surface area contributed by atoms with Crippen LogP contribution in [0, 0.1) is 11.8 Å². The van der Waals surface area contributed by atoms with E-state index in [4.69, 9.17) is 0 Å². The number of aromatic nitrogens is 4. The topological polar surface area (TPSA) is 55.6 Å². The highest BCUT2D eigenvalue weighted by Crippen LogP contribution is 2.34. The molecule has 1 saturated carbocycles. The molecular formula is C12H23N5. The Morgan fingerprint density at radius 2 is 2.24 bits per heavy atom. The highest BCUT2D eigenvalue weighted by atomic mass is 15.6. The van der Waals surface area contributed by atoms with Gasteiger partial charge in [0.25, 0.3) is 0 Å². The van der Waals surface area contributed by atoms with Gasteiger partial charge in [0.15, 0.2) is 5.82 Å². The average Bonchev–Trinajstić information content (AvgIpc) is 2.86. The van der Waals surface area contributed by atoms with E-state index in [2.05, 4.69) is 41.6 Å². The van der Waals surface area contributed by atoms with Gasteiger partial charge in [0.1, 0.15) is 0 Å².